The summed E-state index contributed by atoms with van der Waals surface area (Å²) in [4.78, 5) is 41.0. The lowest BCUT2D eigenvalue weighted by Crippen LogP contribution is -2.21. The third-order valence-corrected chi connectivity index (χ3v) is 5.16. The van der Waals surface area contributed by atoms with Gasteiger partial charge in [-0.1, -0.05) is 29.8 Å². The minimum atomic E-state index is -0.302. The lowest BCUT2D eigenvalue weighted by atomic mass is 10.1. The van der Waals surface area contributed by atoms with Crippen molar-refractivity contribution in [3.8, 4) is 5.69 Å². The fraction of sp³-hybridized carbons (Fsp3) is 0.217. The van der Waals surface area contributed by atoms with Crippen LogP contribution >= 0.6 is 11.6 Å². The Labute approximate surface area is 177 Å². The van der Waals surface area contributed by atoms with E-state index in [4.69, 9.17) is 16.3 Å². The molecule has 0 fully saturated rings. The Balaban J connectivity index is 1.59. The van der Waals surface area contributed by atoms with Crippen LogP contribution in [0.4, 0.5) is 0 Å². The van der Waals surface area contributed by atoms with E-state index < -0.39 is 0 Å². The molecule has 0 spiro atoms. The highest BCUT2D eigenvalue weighted by molar-refractivity contribution is 6.31. The number of allylic oxidation sites excluding steroid dienone is 1. The third-order valence-electron chi connectivity index (χ3n) is 4.92. The Kier molecular flexibility index (Phi) is 5.50. The normalized spacial score (nSPS) is 12.4. The average Bonchev–Trinajstić information content (AvgIpc) is 2.99. The van der Waals surface area contributed by atoms with Gasteiger partial charge in [0.25, 0.3) is 5.56 Å². The number of esters is 1. The Morgan fingerprint density at radius 3 is 2.80 bits per heavy atom. The molecule has 152 valence electrons. The van der Waals surface area contributed by atoms with E-state index in [9.17, 15) is 14.4 Å². The lowest BCUT2D eigenvalue weighted by molar-refractivity contribution is -0.141. The number of hydrogen-bond acceptors (Lipinski definition) is 5. The highest BCUT2D eigenvalue weighted by Gasteiger charge is 2.30. The SMILES string of the molecule is CC(=O)OCCCC/C=C/c1ccc2nc3n(c(=O)c2c1)-c1ccc(Cl)cc1C3=O. The summed E-state index contributed by atoms with van der Waals surface area (Å²) >= 11 is 6.01. The van der Waals surface area contributed by atoms with Gasteiger partial charge in [0, 0.05) is 11.9 Å². The number of rotatable bonds is 6. The molecule has 0 saturated heterocycles. The van der Waals surface area contributed by atoms with Crippen LogP contribution in [0.25, 0.3) is 22.7 Å². The topological polar surface area (TPSA) is 78.3 Å². The summed E-state index contributed by atoms with van der Waals surface area (Å²) in [6.45, 7) is 1.83. The van der Waals surface area contributed by atoms with Gasteiger partial charge in [-0.2, -0.15) is 0 Å². The first-order valence-corrected chi connectivity index (χ1v) is 10.0. The van der Waals surface area contributed by atoms with Gasteiger partial charge in [0.05, 0.1) is 28.8 Å². The Bertz CT molecular complexity index is 1260. The van der Waals surface area contributed by atoms with E-state index in [-0.39, 0.29) is 23.1 Å². The molecule has 30 heavy (non-hydrogen) atoms. The number of benzene rings is 2. The fourth-order valence-electron chi connectivity index (χ4n) is 3.49. The van der Waals surface area contributed by atoms with Crippen LogP contribution in [0.5, 0.6) is 0 Å². The lowest BCUT2D eigenvalue weighted by Gasteiger charge is -2.06. The second-order valence-corrected chi connectivity index (χ2v) is 7.52. The number of ether oxygens (including phenoxy) is 1. The molecule has 3 aromatic rings. The van der Waals surface area contributed by atoms with Crippen molar-refractivity contribution in [3.63, 3.8) is 0 Å². The molecule has 0 unspecified atom stereocenters. The van der Waals surface area contributed by atoms with Crippen molar-refractivity contribution in [2.75, 3.05) is 6.61 Å². The molecular formula is C23H19ClN2O4. The van der Waals surface area contributed by atoms with Crippen molar-refractivity contribution in [3.05, 3.63) is 74.8 Å². The molecule has 1 aliphatic rings. The maximum atomic E-state index is 13.1. The molecule has 7 heteroatoms. The molecule has 0 saturated carbocycles. The molecule has 0 N–H and O–H groups in total. The van der Waals surface area contributed by atoms with Crippen LogP contribution in [-0.4, -0.2) is 27.9 Å². The molecule has 0 atom stereocenters. The van der Waals surface area contributed by atoms with Crippen molar-refractivity contribution in [2.45, 2.75) is 26.2 Å². The molecule has 1 aliphatic heterocycles. The zero-order valence-corrected chi connectivity index (χ0v) is 17.1. The van der Waals surface area contributed by atoms with Crippen LogP contribution < -0.4 is 5.56 Å². The van der Waals surface area contributed by atoms with Crippen LogP contribution in [-0.2, 0) is 9.53 Å². The van der Waals surface area contributed by atoms with E-state index in [0.717, 1.165) is 24.8 Å². The second-order valence-electron chi connectivity index (χ2n) is 7.08. The molecule has 6 nitrogen and oxygen atoms in total. The van der Waals surface area contributed by atoms with Gasteiger partial charge in [-0.3, -0.25) is 19.0 Å². The van der Waals surface area contributed by atoms with Crippen molar-refractivity contribution >= 4 is 40.3 Å². The minimum absolute atomic E-state index is 0.112. The average molecular weight is 423 g/mol. The van der Waals surface area contributed by atoms with Gasteiger partial charge in [0.1, 0.15) is 0 Å². The number of nitrogens with zero attached hydrogens (tertiary/aromatic N) is 2. The summed E-state index contributed by atoms with van der Waals surface area (Å²) < 4.78 is 6.27. The van der Waals surface area contributed by atoms with Crippen LogP contribution in [0.15, 0.2) is 47.3 Å². The molecule has 0 radical (unpaired) electrons. The van der Waals surface area contributed by atoms with Gasteiger partial charge >= 0.3 is 5.97 Å². The zero-order chi connectivity index (χ0) is 21.3. The predicted molar refractivity (Wildman–Crippen MR) is 115 cm³/mol. The number of carbonyl (C=O) groups is 2. The van der Waals surface area contributed by atoms with E-state index in [1.165, 1.54) is 11.5 Å². The monoisotopic (exact) mass is 422 g/mol. The van der Waals surface area contributed by atoms with Crippen LogP contribution in [0.2, 0.25) is 5.02 Å². The molecule has 1 aromatic heterocycles. The standard InChI is InChI=1S/C23H19ClN2O4/c1-14(27)30-11-5-3-2-4-6-15-7-9-19-17(12-15)23(29)26-20-10-8-16(24)13-18(20)21(28)22(26)25-19/h4,6-10,12-13H,2-3,5,11H2,1H3/b6-4+. The molecule has 2 aromatic carbocycles. The number of carbonyl (C=O) groups excluding carboxylic acids is 2. The Morgan fingerprint density at radius 2 is 2.00 bits per heavy atom. The minimum Gasteiger partial charge on any atom is -0.466 e. The second kappa shape index (κ2) is 8.24. The number of ketones is 1. The van der Waals surface area contributed by atoms with Crippen molar-refractivity contribution in [1.82, 2.24) is 9.55 Å². The largest absolute Gasteiger partial charge is 0.466 e. The Hall–Kier alpha value is -3.25. The summed E-state index contributed by atoms with van der Waals surface area (Å²) in [6, 6.07) is 10.3. The number of halogens is 1. The van der Waals surface area contributed by atoms with E-state index in [1.807, 2.05) is 18.2 Å². The molecule has 0 amide bonds. The first-order chi connectivity index (χ1) is 14.5. The molecule has 2 heterocycles. The van der Waals surface area contributed by atoms with Gasteiger partial charge in [0.2, 0.25) is 5.78 Å². The highest BCUT2D eigenvalue weighted by Crippen LogP contribution is 2.28. The predicted octanol–water partition coefficient (Wildman–Crippen LogP) is 4.33. The smallest absolute Gasteiger partial charge is 0.302 e. The summed E-state index contributed by atoms with van der Waals surface area (Å²) in [7, 11) is 0. The number of hydrogen-bond donors (Lipinski definition) is 0. The van der Waals surface area contributed by atoms with E-state index in [2.05, 4.69) is 4.98 Å². The Morgan fingerprint density at radius 1 is 1.17 bits per heavy atom. The third kappa shape index (κ3) is 3.78. The molecule has 4 rings (SSSR count). The summed E-state index contributed by atoms with van der Waals surface area (Å²) in [5.41, 5.74) is 1.98. The fourth-order valence-corrected chi connectivity index (χ4v) is 3.66. The molecular weight excluding hydrogens is 404 g/mol. The van der Waals surface area contributed by atoms with Crippen molar-refractivity contribution < 1.29 is 14.3 Å². The first kappa shape index (κ1) is 20.0. The van der Waals surface area contributed by atoms with Gasteiger partial charge in [0.15, 0.2) is 5.82 Å². The summed E-state index contributed by atoms with van der Waals surface area (Å²) in [5.74, 6) is -0.453. The van der Waals surface area contributed by atoms with E-state index in [1.54, 1.807) is 30.3 Å². The van der Waals surface area contributed by atoms with Crippen molar-refractivity contribution in [2.24, 2.45) is 0 Å². The number of aromatic nitrogens is 2. The van der Waals surface area contributed by atoms with Gasteiger partial charge < -0.3 is 4.74 Å². The number of fused-ring (bicyclic) bond motifs is 4. The van der Waals surface area contributed by atoms with E-state index in [0.29, 0.717) is 33.8 Å². The van der Waals surface area contributed by atoms with Gasteiger partial charge in [-0.25, -0.2) is 4.98 Å². The zero-order valence-electron chi connectivity index (χ0n) is 16.4. The molecule has 0 aliphatic carbocycles. The van der Waals surface area contributed by atoms with Crippen LogP contribution in [0.1, 0.15) is 47.9 Å². The van der Waals surface area contributed by atoms with E-state index >= 15 is 0 Å². The number of unbranched alkanes of at least 4 members (excludes halogenated alkanes) is 2. The van der Waals surface area contributed by atoms with Crippen LogP contribution in [0, 0.1) is 0 Å². The van der Waals surface area contributed by atoms with Crippen LogP contribution in [0.3, 0.4) is 0 Å². The highest BCUT2D eigenvalue weighted by atomic mass is 35.5. The maximum absolute atomic E-state index is 13.1. The van der Waals surface area contributed by atoms with Gasteiger partial charge in [-0.15, -0.1) is 0 Å². The summed E-state index contributed by atoms with van der Waals surface area (Å²) in [6.07, 6.45) is 6.51. The van der Waals surface area contributed by atoms with Crippen molar-refractivity contribution in [1.29, 1.82) is 0 Å². The molecule has 0 bridgehead atoms. The maximum Gasteiger partial charge on any atom is 0.302 e. The first-order valence-electron chi connectivity index (χ1n) is 9.67. The summed E-state index contributed by atoms with van der Waals surface area (Å²) in [5, 5.41) is 0.888. The van der Waals surface area contributed by atoms with Gasteiger partial charge in [-0.05, 0) is 55.2 Å². The quantitative estimate of drug-likeness (QED) is 0.341.